The zero-order valence-electron chi connectivity index (χ0n) is 18.6. The third kappa shape index (κ3) is 6.07. The average Bonchev–Trinajstić information content (AvgIpc) is 2.83. The number of carbonyl (C=O) groups is 1. The second-order valence-electron chi connectivity index (χ2n) is 6.87. The third-order valence-electron chi connectivity index (χ3n) is 4.69. The van der Waals surface area contributed by atoms with E-state index in [2.05, 4.69) is 10.3 Å². The minimum absolute atomic E-state index is 0.117. The van der Waals surface area contributed by atoms with Crippen molar-refractivity contribution in [1.82, 2.24) is 0 Å². The van der Waals surface area contributed by atoms with Crippen LogP contribution in [0.2, 0.25) is 0 Å². The molecule has 0 aliphatic heterocycles. The molecule has 3 aromatic rings. The standard InChI is InChI=1S/C24H26N4O5/c1-30-18-7-4-15(5-8-18)23(29)27-17-6-10-20(28-24(25)26)22(13-17)33-14-16-12-19(31-2)9-11-21(16)32-3/h4-13H,14H2,1-3H3,(H,27,29)(H4,25,26,28). The summed E-state index contributed by atoms with van der Waals surface area (Å²) in [5, 5.41) is 2.84. The number of guanidine groups is 1. The molecule has 0 fully saturated rings. The molecule has 9 nitrogen and oxygen atoms in total. The molecule has 33 heavy (non-hydrogen) atoms. The van der Waals surface area contributed by atoms with E-state index in [1.165, 1.54) is 0 Å². The number of ether oxygens (including phenoxy) is 4. The minimum atomic E-state index is -0.285. The molecule has 0 spiro atoms. The molecule has 3 aromatic carbocycles. The lowest BCUT2D eigenvalue weighted by atomic mass is 10.2. The van der Waals surface area contributed by atoms with Crippen LogP contribution in [0.25, 0.3) is 0 Å². The van der Waals surface area contributed by atoms with Gasteiger partial charge in [0.05, 0.1) is 21.3 Å². The Balaban J connectivity index is 1.84. The maximum atomic E-state index is 12.6. The number of benzene rings is 3. The fraction of sp³-hybridized carbons (Fsp3) is 0.167. The second kappa shape index (κ2) is 10.8. The van der Waals surface area contributed by atoms with Crippen LogP contribution in [0, 0.1) is 0 Å². The molecular formula is C24H26N4O5. The first kappa shape index (κ1) is 23.3. The van der Waals surface area contributed by atoms with Gasteiger partial charge in [0.25, 0.3) is 5.91 Å². The number of hydrogen-bond acceptors (Lipinski definition) is 6. The van der Waals surface area contributed by atoms with Crippen molar-refractivity contribution in [3.05, 3.63) is 71.8 Å². The van der Waals surface area contributed by atoms with Crippen LogP contribution in [0.4, 0.5) is 11.4 Å². The van der Waals surface area contributed by atoms with Crippen molar-refractivity contribution >= 4 is 23.2 Å². The third-order valence-corrected chi connectivity index (χ3v) is 4.69. The second-order valence-corrected chi connectivity index (χ2v) is 6.87. The number of carbonyl (C=O) groups excluding carboxylic acids is 1. The number of methoxy groups -OCH3 is 3. The van der Waals surface area contributed by atoms with E-state index in [1.807, 2.05) is 6.07 Å². The molecule has 0 aliphatic rings. The largest absolute Gasteiger partial charge is 0.497 e. The number of amides is 1. The Kier molecular flexibility index (Phi) is 7.59. The van der Waals surface area contributed by atoms with Crippen LogP contribution in [-0.2, 0) is 6.61 Å². The van der Waals surface area contributed by atoms with E-state index < -0.39 is 0 Å². The summed E-state index contributed by atoms with van der Waals surface area (Å²) in [7, 11) is 4.72. The minimum Gasteiger partial charge on any atom is -0.497 e. The maximum absolute atomic E-state index is 12.6. The highest BCUT2D eigenvalue weighted by Gasteiger charge is 2.12. The normalized spacial score (nSPS) is 10.2. The molecule has 0 unspecified atom stereocenters. The lowest BCUT2D eigenvalue weighted by Gasteiger charge is -2.14. The number of aliphatic imine (C=N–C) groups is 1. The highest BCUT2D eigenvalue weighted by molar-refractivity contribution is 6.04. The summed E-state index contributed by atoms with van der Waals surface area (Å²) in [5.74, 6) is 1.95. The van der Waals surface area contributed by atoms with Gasteiger partial charge in [-0.3, -0.25) is 4.79 Å². The van der Waals surface area contributed by atoms with Gasteiger partial charge in [0.1, 0.15) is 35.3 Å². The molecular weight excluding hydrogens is 424 g/mol. The first-order valence-electron chi connectivity index (χ1n) is 9.96. The van der Waals surface area contributed by atoms with Crippen molar-refractivity contribution < 1.29 is 23.7 Å². The van der Waals surface area contributed by atoms with Crippen molar-refractivity contribution in [3.8, 4) is 23.0 Å². The van der Waals surface area contributed by atoms with Gasteiger partial charge in [-0.15, -0.1) is 0 Å². The molecule has 1 amide bonds. The van der Waals surface area contributed by atoms with Gasteiger partial charge in [-0.1, -0.05) is 0 Å². The van der Waals surface area contributed by atoms with E-state index in [4.69, 9.17) is 30.4 Å². The van der Waals surface area contributed by atoms with Gasteiger partial charge in [-0.05, 0) is 54.6 Å². The zero-order chi connectivity index (χ0) is 23.8. The molecule has 3 rings (SSSR count). The van der Waals surface area contributed by atoms with Gasteiger partial charge in [-0.2, -0.15) is 0 Å². The predicted octanol–water partition coefficient (Wildman–Crippen LogP) is 3.45. The van der Waals surface area contributed by atoms with Crippen molar-refractivity contribution in [2.24, 2.45) is 16.5 Å². The monoisotopic (exact) mass is 450 g/mol. The van der Waals surface area contributed by atoms with Crippen LogP contribution < -0.4 is 35.7 Å². The summed E-state index contributed by atoms with van der Waals surface area (Å²) in [6.45, 7) is 0.156. The van der Waals surface area contributed by atoms with Gasteiger partial charge in [0.2, 0.25) is 0 Å². The summed E-state index contributed by atoms with van der Waals surface area (Å²) >= 11 is 0. The van der Waals surface area contributed by atoms with Crippen LogP contribution in [0.15, 0.2) is 65.7 Å². The number of nitrogens with zero attached hydrogens (tertiary/aromatic N) is 1. The molecule has 0 heterocycles. The highest BCUT2D eigenvalue weighted by Crippen LogP contribution is 2.33. The van der Waals surface area contributed by atoms with Crippen LogP contribution in [0.1, 0.15) is 15.9 Å². The Morgan fingerprint density at radius 2 is 1.55 bits per heavy atom. The van der Waals surface area contributed by atoms with E-state index in [9.17, 15) is 4.79 Å². The Labute approximate surface area is 191 Å². The fourth-order valence-electron chi connectivity index (χ4n) is 3.03. The summed E-state index contributed by atoms with van der Waals surface area (Å²) in [6.07, 6.45) is 0. The number of nitrogens with two attached hydrogens (primary N) is 2. The van der Waals surface area contributed by atoms with Crippen molar-refractivity contribution in [2.75, 3.05) is 26.6 Å². The first-order chi connectivity index (χ1) is 15.9. The molecule has 0 saturated carbocycles. The van der Waals surface area contributed by atoms with Crippen molar-refractivity contribution in [2.45, 2.75) is 6.61 Å². The van der Waals surface area contributed by atoms with Crippen molar-refractivity contribution in [3.63, 3.8) is 0 Å². The number of hydrogen-bond donors (Lipinski definition) is 3. The zero-order valence-corrected chi connectivity index (χ0v) is 18.6. The molecule has 0 aliphatic carbocycles. The average molecular weight is 450 g/mol. The van der Waals surface area contributed by atoms with Crippen LogP contribution in [-0.4, -0.2) is 33.2 Å². The van der Waals surface area contributed by atoms with Crippen LogP contribution in [0.5, 0.6) is 23.0 Å². The Bertz CT molecular complexity index is 1140. The summed E-state index contributed by atoms with van der Waals surface area (Å²) in [4.78, 5) is 16.7. The van der Waals surface area contributed by atoms with E-state index in [0.717, 1.165) is 5.56 Å². The van der Waals surface area contributed by atoms with Crippen molar-refractivity contribution in [1.29, 1.82) is 0 Å². The topological polar surface area (TPSA) is 130 Å². The molecule has 0 radical (unpaired) electrons. The lowest BCUT2D eigenvalue weighted by molar-refractivity contribution is 0.102. The van der Waals surface area contributed by atoms with Gasteiger partial charge >= 0.3 is 0 Å². The van der Waals surface area contributed by atoms with E-state index >= 15 is 0 Å². The van der Waals surface area contributed by atoms with Gasteiger partial charge in [0, 0.05) is 22.9 Å². The Morgan fingerprint density at radius 3 is 2.18 bits per heavy atom. The van der Waals surface area contributed by atoms with Gasteiger partial charge < -0.3 is 35.7 Å². The summed E-state index contributed by atoms with van der Waals surface area (Å²) in [6, 6.07) is 17.2. The molecule has 5 N–H and O–H groups in total. The number of rotatable bonds is 9. The molecule has 0 atom stereocenters. The van der Waals surface area contributed by atoms with E-state index in [-0.39, 0.29) is 18.5 Å². The highest BCUT2D eigenvalue weighted by atomic mass is 16.5. The number of anilines is 1. The Morgan fingerprint density at radius 1 is 0.848 bits per heavy atom. The number of nitrogens with one attached hydrogen (secondary N) is 1. The van der Waals surface area contributed by atoms with E-state index in [1.54, 1.807) is 75.9 Å². The summed E-state index contributed by atoms with van der Waals surface area (Å²) in [5.41, 5.74) is 13.3. The molecule has 0 bridgehead atoms. The Hall–Kier alpha value is -4.40. The smallest absolute Gasteiger partial charge is 0.255 e. The maximum Gasteiger partial charge on any atom is 0.255 e. The fourth-order valence-corrected chi connectivity index (χ4v) is 3.03. The lowest BCUT2D eigenvalue weighted by Crippen LogP contribution is -2.22. The van der Waals surface area contributed by atoms with E-state index in [0.29, 0.717) is 39.9 Å². The SMILES string of the molecule is COc1ccc(C(=O)Nc2ccc(N=C(N)N)c(OCc3cc(OC)ccc3OC)c2)cc1. The van der Waals surface area contributed by atoms with Crippen LogP contribution >= 0.6 is 0 Å². The van der Waals surface area contributed by atoms with Gasteiger partial charge in [0.15, 0.2) is 5.96 Å². The quantitative estimate of drug-likeness (QED) is 0.336. The molecule has 0 saturated heterocycles. The predicted molar refractivity (Wildman–Crippen MR) is 127 cm³/mol. The van der Waals surface area contributed by atoms with Crippen LogP contribution in [0.3, 0.4) is 0 Å². The summed E-state index contributed by atoms with van der Waals surface area (Å²) < 4.78 is 21.8. The molecule has 172 valence electrons. The molecule has 0 aromatic heterocycles. The molecule has 9 heteroatoms. The first-order valence-corrected chi connectivity index (χ1v) is 9.96. The van der Waals surface area contributed by atoms with Gasteiger partial charge in [-0.25, -0.2) is 4.99 Å².